The second kappa shape index (κ2) is 13.0. The van der Waals surface area contributed by atoms with Crippen molar-refractivity contribution < 1.29 is 0 Å². The Kier molecular flexibility index (Phi) is 7.55. The highest BCUT2D eigenvalue weighted by Crippen LogP contribution is 2.44. The fourth-order valence-electron chi connectivity index (χ4n) is 7.95. The molecule has 1 aliphatic rings. The monoisotopic (exact) mass is 673 g/mol. The van der Waals surface area contributed by atoms with E-state index >= 15 is 0 Å². The molecule has 0 unspecified atom stereocenters. The van der Waals surface area contributed by atoms with Gasteiger partial charge in [0, 0.05) is 17.1 Å². The van der Waals surface area contributed by atoms with Gasteiger partial charge in [-0.3, -0.25) is 0 Å². The van der Waals surface area contributed by atoms with Crippen molar-refractivity contribution in [3.05, 3.63) is 211 Å². The maximum Gasteiger partial charge on any atom is 0.0462 e. The standard InChI is InChI=1S/C52H35N/c1-3-9-36(10-4-1)38-19-27-46(28-20-38)53(47-29-21-39(22-30-47)45-18-15-37-11-7-8-14-44(37)35-45)48-31-23-41(24-32-48)50-34-26-43-17-16-42-25-33-49(52(50)51(42)43)40-12-5-2-6-13-40/h1-35H. The number of hydrogen-bond acceptors (Lipinski definition) is 1. The fraction of sp³-hybridized carbons (Fsp3) is 0. The van der Waals surface area contributed by atoms with Crippen molar-refractivity contribution in [2.75, 3.05) is 4.90 Å². The highest BCUT2D eigenvalue weighted by atomic mass is 15.1. The summed E-state index contributed by atoms with van der Waals surface area (Å²) in [6.07, 6.45) is 4.48. The van der Waals surface area contributed by atoms with E-state index < -0.39 is 0 Å². The molecule has 1 heteroatoms. The number of anilines is 3. The van der Waals surface area contributed by atoms with Crippen LogP contribution in [0.4, 0.5) is 17.1 Å². The summed E-state index contributed by atoms with van der Waals surface area (Å²) in [5.74, 6) is 0. The first kappa shape index (κ1) is 30.8. The van der Waals surface area contributed by atoms with Crippen molar-refractivity contribution in [2.24, 2.45) is 0 Å². The molecule has 53 heavy (non-hydrogen) atoms. The topological polar surface area (TPSA) is 3.24 Å². The first-order valence-corrected chi connectivity index (χ1v) is 18.3. The van der Waals surface area contributed by atoms with Gasteiger partial charge in [-0.25, -0.2) is 0 Å². The van der Waals surface area contributed by atoms with Gasteiger partial charge in [-0.2, -0.15) is 0 Å². The summed E-state index contributed by atoms with van der Waals surface area (Å²) in [6, 6.07) is 72.7. The molecule has 0 spiro atoms. The van der Waals surface area contributed by atoms with E-state index in [-0.39, 0.29) is 0 Å². The summed E-state index contributed by atoms with van der Waals surface area (Å²) >= 11 is 0. The lowest BCUT2D eigenvalue weighted by atomic mass is 9.89. The van der Waals surface area contributed by atoms with Crippen molar-refractivity contribution in [3.63, 3.8) is 0 Å². The fourth-order valence-corrected chi connectivity index (χ4v) is 7.95. The molecule has 0 aromatic heterocycles. The number of rotatable bonds is 7. The SMILES string of the molecule is C1=Cc2ccc(-c3ccc(N(c4ccc(-c5ccccc5)cc4)c4ccc(-c5ccc6ccccc6c5)cc4)cc3)c3c(-c4ccccc4)ccc1c23. The molecule has 0 saturated carbocycles. The van der Waals surface area contributed by atoms with Crippen LogP contribution in [0.25, 0.3) is 78.2 Å². The lowest BCUT2D eigenvalue weighted by Gasteiger charge is -2.26. The molecule has 0 N–H and O–H groups in total. The van der Waals surface area contributed by atoms with Gasteiger partial charge in [0.2, 0.25) is 0 Å². The second-order valence-corrected chi connectivity index (χ2v) is 13.8. The number of nitrogens with zero attached hydrogens (tertiary/aromatic N) is 1. The lowest BCUT2D eigenvalue weighted by Crippen LogP contribution is -2.09. The van der Waals surface area contributed by atoms with E-state index in [4.69, 9.17) is 0 Å². The van der Waals surface area contributed by atoms with Gasteiger partial charge in [0.1, 0.15) is 0 Å². The summed E-state index contributed by atoms with van der Waals surface area (Å²) in [5.41, 5.74) is 15.7. The molecular formula is C52H35N. The maximum atomic E-state index is 2.36. The molecule has 1 nitrogen and oxygen atoms in total. The smallest absolute Gasteiger partial charge is 0.0462 e. The van der Waals surface area contributed by atoms with E-state index in [2.05, 4.69) is 217 Å². The molecule has 0 saturated heterocycles. The average molecular weight is 674 g/mol. The Morgan fingerprint density at radius 1 is 0.264 bits per heavy atom. The lowest BCUT2D eigenvalue weighted by molar-refractivity contribution is 1.28. The van der Waals surface area contributed by atoms with Gasteiger partial charge in [-0.05, 0) is 120 Å². The Balaban J connectivity index is 1.06. The van der Waals surface area contributed by atoms with Crippen LogP contribution >= 0.6 is 0 Å². The van der Waals surface area contributed by atoms with Crippen molar-refractivity contribution in [1.29, 1.82) is 0 Å². The minimum Gasteiger partial charge on any atom is -0.311 e. The number of hydrogen-bond donors (Lipinski definition) is 0. The first-order valence-electron chi connectivity index (χ1n) is 18.3. The molecule has 0 radical (unpaired) electrons. The van der Waals surface area contributed by atoms with Gasteiger partial charge in [0.15, 0.2) is 0 Å². The third kappa shape index (κ3) is 5.60. The van der Waals surface area contributed by atoms with Crippen LogP contribution < -0.4 is 4.90 Å². The third-order valence-electron chi connectivity index (χ3n) is 10.6. The van der Waals surface area contributed by atoms with Crippen molar-refractivity contribution in [3.8, 4) is 44.5 Å². The van der Waals surface area contributed by atoms with Crippen molar-refractivity contribution >= 4 is 50.8 Å². The van der Waals surface area contributed by atoms with E-state index in [0.29, 0.717) is 0 Å². The van der Waals surface area contributed by atoms with E-state index in [1.54, 1.807) is 0 Å². The molecule has 0 bridgehead atoms. The number of benzene rings is 9. The molecule has 9 aromatic rings. The van der Waals surface area contributed by atoms with E-state index in [9.17, 15) is 0 Å². The molecule has 248 valence electrons. The summed E-state index contributed by atoms with van der Waals surface area (Å²) in [5, 5.41) is 5.15. The van der Waals surface area contributed by atoms with Crippen LogP contribution in [0.15, 0.2) is 200 Å². The Hall–Kier alpha value is -6.96. The quantitative estimate of drug-likeness (QED) is 0.163. The highest BCUT2D eigenvalue weighted by Gasteiger charge is 2.19. The maximum absolute atomic E-state index is 2.36. The van der Waals surface area contributed by atoms with Gasteiger partial charge in [-0.1, -0.05) is 170 Å². The first-order chi connectivity index (χ1) is 26.3. The zero-order valence-corrected chi connectivity index (χ0v) is 29.2. The van der Waals surface area contributed by atoms with Gasteiger partial charge < -0.3 is 4.90 Å². The van der Waals surface area contributed by atoms with Crippen LogP contribution in [0.5, 0.6) is 0 Å². The molecule has 0 amide bonds. The van der Waals surface area contributed by atoms with Gasteiger partial charge in [0.05, 0.1) is 0 Å². The summed E-state index contributed by atoms with van der Waals surface area (Å²) in [7, 11) is 0. The molecule has 1 aliphatic carbocycles. The Bertz CT molecular complexity index is 2770. The molecule has 9 aromatic carbocycles. The zero-order valence-electron chi connectivity index (χ0n) is 29.2. The van der Waals surface area contributed by atoms with Gasteiger partial charge >= 0.3 is 0 Å². The van der Waals surface area contributed by atoms with Crippen molar-refractivity contribution in [2.45, 2.75) is 0 Å². The zero-order chi connectivity index (χ0) is 35.1. The Morgan fingerprint density at radius 3 is 1.25 bits per heavy atom. The molecule has 0 aliphatic heterocycles. The molecule has 0 atom stereocenters. The molecule has 0 fully saturated rings. The van der Waals surface area contributed by atoms with Crippen LogP contribution in [-0.2, 0) is 0 Å². The van der Waals surface area contributed by atoms with Gasteiger partial charge in [0.25, 0.3) is 0 Å². The Morgan fingerprint density at radius 2 is 0.679 bits per heavy atom. The minimum absolute atomic E-state index is 1.11. The predicted octanol–water partition coefficient (Wildman–Crippen LogP) is 14.6. The van der Waals surface area contributed by atoms with Crippen LogP contribution in [-0.4, -0.2) is 0 Å². The van der Waals surface area contributed by atoms with Crippen LogP contribution in [0.2, 0.25) is 0 Å². The Labute approximate surface area is 310 Å². The molecular weight excluding hydrogens is 639 g/mol. The highest BCUT2D eigenvalue weighted by molar-refractivity contribution is 6.15. The van der Waals surface area contributed by atoms with Crippen LogP contribution in [0.3, 0.4) is 0 Å². The summed E-state index contributed by atoms with van der Waals surface area (Å²) in [6.45, 7) is 0. The largest absolute Gasteiger partial charge is 0.311 e. The average Bonchev–Trinajstić information content (AvgIpc) is 3.67. The van der Waals surface area contributed by atoms with E-state index in [1.807, 2.05) is 0 Å². The summed E-state index contributed by atoms with van der Waals surface area (Å²) in [4.78, 5) is 2.36. The van der Waals surface area contributed by atoms with Crippen LogP contribution in [0.1, 0.15) is 11.1 Å². The number of fused-ring (bicyclic) bond motifs is 1. The molecule has 10 rings (SSSR count). The normalized spacial score (nSPS) is 11.7. The van der Waals surface area contributed by atoms with Crippen molar-refractivity contribution in [1.82, 2.24) is 0 Å². The minimum atomic E-state index is 1.11. The van der Waals surface area contributed by atoms with E-state index in [1.165, 1.54) is 77.2 Å². The third-order valence-corrected chi connectivity index (χ3v) is 10.6. The predicted molar refractivity (Wildman–Crippen MR) is 227 cm³/mol. The second-order valence-electron chi connectivity index (χ2n) is 13.8. The molecule has 0 heterocycles. The summed E-state index contributed by atoms with van der Waals surface area (Å²) < 4.78 is 0. The van der Waals surface area contributed by atoms with Crippen LogP contribution in [0, 0.1) is 0 Å². The van der Waals surface area contributed by atoms with E-state index in [0.717, 1.165) is 17.1 Å². The van der Waals surface area contributed by atoms with Gasteiger partial charge in [-0.15, -0.1) is 0 Å².